The van der Waals surface area contributed by atoms with E-state index < -0.39 is 90.5 Å². The number of carbonyl (C=O) groups is 7. The van der Waals surface area contributed by atoms with E-state index in [-0.39, 0.29) is 45.6 Å². The first-order chi connectivity index (χ1) is 39.9. The van der Waals surface area contributed by atoms with Crippen molar-refractivity contribution in [3.05, 3.63) is 250 Å². The molecule has 5 atom stereocenters. The number of carbonyl (C=O) groups excluding carboxylic acids is 7. The van der Waals surface area contributed by atoms with Crippen molar-refractivity contribution < 1.29 is 84.6 Å². The zero-order valence-electron chi connectivity index (χ0n) is 45.0. The highest BCUT2D eigenvalue weighted by atomic mass is 19.4. The van der Waals surface area contributed by atoms with Crippen LogP contribution in [0.3, 0.4) is 0 Å². The van der Waals surface area contributed by atoms with Crippen LogP contribution in [0.4, 0.5) is 13.2 Å². The minimum absolute atomic E-state index is 0.0355. The van der Waals surface area contributed by atoms with Gasteiger partial charge in [-0.3, -0.25) is 9.59 Å². The van der Waals surface area contributed by atoms with Crippen LogP contribution in [0.15, 0.2) is 194 Å². The van der Waals surface area contributed by atoms with Gasteiger partial charge in [0.25, 0.3) is 0 Å². The van der Waals surface area contributed by atoms with E-state index in [1.807, 2.05) is 0 Å². The summed E-state index contributed by atoms with van der Waals surface area (Å²) in [6.07, 6.45) is -15.8. The second-order valence-electron chi connectivity index (χ2n) is 18.9. The summed E-state index contributed by atoms with van der Waals surface area (Å²) in [5, 5.41) is 1.00. The standard InChI is InChI=1S/C65H53F3O15/c1-39-26-28-44(29-27-39)55(61(72)82-57(46-20-10-14-40(2)34-46)60(71)79-54(70)36-41-15-6-5-7-16-41)80-63(74)58(47-21-12-23-50(38-47)77-4)83-62(73)56(45-30-32-49(76-3)33-31-45)81-64(75)59(52-25-13-19-43-18-8-9-24-51(43)52)78-53(69)37-42-17-11-22-48(35-42)65(66,67)68/h5-35,38,55-59H,36-37H2,1-4H3. The molecule has 15 nitrogen and oxygen atoms in total. The number of hydrogen-bond donors (Lipinski definition) is 0. The molecule has 8 aromatic carbocycles. The maximum atomic E-state index is 15.0. The van der Waals surface area contributed by atoms with Gasteiger partial charge in [0.1, 0.15) is 11.5 Å². The van der Waals surface area contributed by atoms with Crippen LogP contribution in [-0.2, 0) is 81.0 Å². The van der Waals surface area contributed by atoms with E-state index in [1.165, 1.54) is 99.1 Å². The Balaban J connectivity index is 1.13. The highest BCUT2D eigenvalue weighted by Crippen LogP contribution is 2.36. The number of halogens is 3. The molecule has 0 aliphatic heterocycles. The molecule has 8 rings (SSSR count). The first-order valence-electron chi connectivity index (χ1n) is 25.7. The summed E-state index contributed by atoms with van der Waals surface area (Å²) in [4.78, 5) is 100. The monoisotopic (exact) mass is 1130 g/mol. The fourth-order valence-electron chi connectivity index (χ4n) is 8.76. The Morgan fingerprint density at radius 3 is 1.51 bits per heavy atom. The molecule has 0 saturated heterocycles. The molecule has 424 valence electrons. The van der Waals surface area contributed by atoms with Gasteiger partial charge < -0.3 is 37.9 Å². The molecule has 0 aliphatic carbocycles. The predicted octanol–water partition coefficient (Wildman–Crippen LogP) is 11.8. The Morgan fingerprint density at radius 2 is 0.892 bits per heavy atom. The lowest BCUT2D eigenvalue weighted by Crippen LogP contribution is -2.32. The van der Waals surface area contributed by atoms with E-state index in [0.29, 0.717) is 27.6 Å². The number of aryl methyl sites for hydroxylation is 2. The predicted molar refractivity (Wildman–Crippen MR) is 293 cm³/mol. The highest BCUT2D eigenvalue weighted by molar-refractivity contribution is 5.94. The van der Waals surface area contributed by atoms with Crippen molar-refractivity contribution in [3.63, 3.8) is 0 Å². The molecular weight excluding hydrogens is 1080 g/mol. The third-order valence-corrected chi connectivity index (χ3v) is 12.9. The molecule has 0 bridgehead atoms. The molecule has 0 radical (unpaired) electrons. The number of hydrogen-bond acceptors (Lipinski definition) is 15. The van der Waals surface area contributed by atoms with Crippen LogP contribution in [0.25, 0.3) is 10.8 Å². The van der Waals surface area contributed by atoms with Crippen LogP contribution in [0.2, 0.25) is 0 Å². The third-order valence-electron chi connectivity index (χ3n) is 12.9. The molecule has 0 aliphatic rings. The number of fused-ring (bicyclic) bond motifs is 1. The fraction of sp³-hybridized carbons (Fsp3) is 0.185. The number of methoxy groups -OCH3 is 2. The van der Waals surface area contributed by atoms with Crippen molar-refractivity contribution in [2.45, 2.75) is 63.4 Å². The number of benzene rings is 8. The van der Waals surface area contributed by atoms with Crippen LogP contribution in [0, 0.1) is 13.8 Å². The second-order valence-corrected chi connectivity index (χ2v) is 18.9. The summed E-state index contributed by atoms with van der Waals surface area (Å²) in [7, 11) is 2.72. The lowest BCUT2D eigenvalue weighted by Gasteiger charge is -2.26. The van der Waals surface area contributed by atoms with Gasteiger partial charge in [-0.25, -0.2) is 24.0 Å². The highest BCUT2D eigenvalue weighted by Gasteiger charge is 2.41. The molecule has 0 saturated carbocycles. The van der Waals surface area contributed by atoms with Crippen molar-refractivity contribution >= 4 is 52.6 Å². The SMILES string of the molecule is COc1ccc(C(OC(=O)C(OC(=O)Cc2cccc(C(F)(F)F)c2)c2cccc3ccccc23)C(=O)OC(C(=O)OC(C(=O)OC(C(=O)OC(=O)Cc2ccccc2)c2cccc(C)c2)c2ccc(C)cc2)c2cccc(OC)c2)cc1. The maximum Gasteiger partial charge on any atom is 0.416 e. The summed E-state index contributed by atoms with van der Waals surface area (Å²) < 4.78 is 86.8. The minimum atomic E-state index is -4.73. The van der Waals surface area contributed by atoms with Gasteiger partial charge in [-0.05, 0) is 66.1 Å². The molecule has 0 spiro atoms. The number of ether oxygens (including phenoxy) is 8. The Hall–Kier alpha value is -10.1. The summed E-state index contributed by atoms with van der Waals surface area (Å²) in [5.74, 6) is -8.30. The molecule has 8 aromatic rings. The van der Waals surface area contributed by atoms with Crippen LogP contribution in [0.5, 0.6) is 11.5 Å². The van der Waals surface area contributed by atoms with E-state index in [1.54, 1.807) is 105 Å². The zero-order valence-corrected chi connectivity index (χ0v) is 45.0. The van der Waals surface area contributed by atoms with Gasteiger partial charge in [-0.1, -0.05) is 175 Å². The Kier molecular flexibility index (Phi) is 19.1. The Bertz CT molecular complexity index is 3630. The Morgan fingerprint density at radius 1 is 0.398 bits per heavy atom. The van der Waals surface area contributed by atoms with Crippen molar-refractivity contribution in [2.75, 3.05) is 14.2 Å². The first kappa shape index (κ1) is 59.0. The van der Waals surface area contributed by atoms with E-state index in [2.05, 4.69) is 0 Å². The molecule has 0 amide bonds. The molecule has 5 unspecified atom stereocenters. The van der Waals surface area contributed by atoms with Gasteiger partial charge in [0.05, 0.1) is 32.6 Å². The van der Waals surface area contributed by atoms with Gasteiger partial charge in [-0.15, -0.1) is 0 Å². The van der Waals surface area contributed by atoms with Crippen molar-refractivity contribution in [2.24, 2.45) is 0 Å². The average Bonchev–Trinajstić information content (AvgIpc) is 3.65. The molecular formula is C65H53F3O15. The van der Waals surface area contributed by atoms with Gasteiger partial charge in [-0.2, -0.15) is 13.2 Å². The topological polar surface area (TPSA) is 193 Å². The van der Waals surface area contributed by atoms with Crippen LogP contribution >= 0.6 is 0 Å². The Labute approximate surface area is 474 Å². The van der Waals surface area contributed by atoms with E-state index in [0.717, 1.165) is 23.8 Å². The zero-order chi connectivity index (χ0) is 59.2. The van der Waals surface area contributed by atoms with Crippen molar-refractivity contribution in [1.82, 2.24) is 0 Å². The van der Waals surface area contributed by atoms with Gasteiger partial charge in [0, 0.05) is 27.8 Å². The summed E-state index contributed by atoms with van der Waals surface area (Å²) in [6.45, 7) is 3.48. The molecule has 83 heavy (non-hydrogen) atoms. The van der Waals surface area contributed by atoms with Gasteiger partial charge in [0.15, 0.2) is 0 Å². The van der Waals surface area contributed by atoms with Crippen LogP contribution in [-0.4, -0.2) is 56.0 Å². The van der Waals surface area contributed by atoms with Crippen LogP contribution < -0.4 is 9.47 Å². The van der Waals surface area contributed by atoms with Gasteiger partial charge in [0.2, 0.25) is 30.5 Å². The van der Waals surface area contributed by atoms with Crippen molar-refractivity contribution in [3.8, 4) is 11.5 Å². The molecule has 18 heteroatoms. The van der Waals surface area contributed by atoms with E-state index in [9.17, 15) is 41.9 Å². The minimum Gasteiger partial charge on any atom is -0.497 e. The molecule has 0 fully saturated rings. The second kappa shape index (κ2) is 26.9. The van der Waals surface area contributed by atoms with Gasteiger partial charge >= 0.3 is 48.0 Å². The largest absolute Gasteiger partial charge is 0.497 e. The molecule has 0 N–H and O–H groups in total. The smallest absolute Gasteiger partial charge is 0.416 e. The quantitative estimate of drug-likeness (QED) is 0.0374. The number of rotatable bonds is 21. The fourth-order valence-corrected chi connectivity index (χ4v) is 8.76. The molecule has 0 heterocycles. The lowest BCUT2D eigenvalue weighted by molar-refractivity contribution is -0.191. The number of alkyl halides is 3. The summed E-state index contributed by atoms with van der Waals surface area (Å²) in [6, 6.07) is 47.7. The average molecular weight is 1130 g/mol. The van der Waals surface area contributed by atoms with Crippen molar-refractivity contribution in [1.29, 1.82) is 0 Å². The van der Waals surface area contributed by atoms with Crippen LogP contribution in [0.1, 0.15) is 86.2 Å². The lowest BCUT2D eigenvalue weighted by atomic mass is 10.00. The molecule has 0 aromatic heterocycles. The normalized spacial score (nSPS) is 13.0. The summed E-state index contributed by atoms with van der Waals surface area (Å²) >= 11 is 0. The summed E-state index contributed by atoms with van der Waals surface area (Å²) in [5.41, 5.74) is 0.928. The van der Waals surface area contributed by atoms with E-state index >= 15 is 4.79 Å². The maximum absolute atomic E-state index is 15.0. The van der Waals surface area contributed by atoms with E-state index in [4.69, 9.17) is 37.9 Å². The third kappa shape index (κ3) is 15.4. The number of esters is 7. The first-order valence-corrected chi connectivity index (χ1v) is 25.7.